The highest BCUT2D eigenvalue weighted by atomic mass is 15.3. The molecule has 0 aliphatic heterocycles. The van der Waals surface area contributed by atoms with E-state index in [1.807, 2.05) is 4.68 Å². The molecule has 1 heterocycles. The van der Waals surface area contributed by atoms with Gasteiger partial charge in [0.2, 0.25) is 0 Å². The summed E-state index contributed by atoms with van der Waals surface area (Å²) in [6, 6.07) is 8.70. The van der Waals surface area contributed by atoms with Crippen molar-refractivity contribution in [3.8, 4) is 5.69 Å². The fraction of sp³-hybridized carbons (Fsp3) is 0.471. The summed E-state index contributed by atoms with van der Waals surface area (Å²) in [5, 5.41) is 4.55. The molecule has 1 aromatic heterocycles. The van der Waals surface area contributed by atoms with Gasteiger partial charge in [-0.15, -0.1) is 0 Å². The maximum absolute atomic E-state index is 6.07. The van der Waals surface area contributed by atoms with E-state index in [0.29, 0.717) is 5.82 Å². The van der Waals surface area contributed by atoms with E-state index < -0.39 is 0 Å². The highest BCUT2D eigenvalue weighted by molar-refractivity contribution is 5.48. The van der Waals surface area contributed by atoms with Crippen LogP contribution in [0.1, 0.15) is 50.4 Å². The van der Waals surface area contributed by atoms with Gasteiger partial charge in [-0.25, -0.2) is 4.68 Å². The normalized spacial score (nSPS) is 15.2. The first-order valence-corrected chi connectivity index (χ1v) is 7.44. The second kappa shape index (κ2) is 4.65. The minimum Gasteiger partial charge on any atom is -0.382 e. The number of hydrogen-bond donors (Lipinski definition) is 1. The van der Waals surface area contributed by atoms with E-state index in [4.69, 9.17) is 5.73 Å². The fourth-order valence-electron chi connectivity index (χ4n) is 2.94. The Morgan fingerprint density at radius 1 is 1.05 bits per heavy atom. The van der Waals surface area contributed by atoms with E-state index in [9.17, 15) is 0 Å². The van der Waals surface area contributed by atoms with Crippen LogP contribution in [0.5, 0.6) is 0 Å². The second-order valence-corrected chi connectivity index (χ2v) is 6.73. The van der Waals surface area contributed by atoms with Crippen molar-refractivity contribution < 1.29 is 0 Å². The molecular formula is C17H23N3. The van der Waals surface area contributed by atoms with Crippen molar-refractivity contribution in [1.82, 2.24) is 9.78 Å². The maximum atomic E-state index is 6.07. The Hall–Kier alpha value is -1.77. The van der Waals surface area contributed by atoms with E-state index in [1.165, 1.54) is 29.7 Å². The standard InChI is InChI=1S/C17H23N3/c1-17(2,3)12-8-10-13(11-9-12)20-15-7-5-4-6-14(15)16(18)19-20/h8-11H,4-7H2,1-3H3,(H2,18,19). The highest BCUT2D eigenvalue weighted by Crippen LogP contribution is 2.29. The number of aromatic nitrogens is 2. The summed E-state index contributed by atoms with van der Waals surface area (Å²) in [6.45, 7) is 6.70. The first kappa shape index (κ1) is 13.2. The molecule has 1 aliphatic carbocycles. The van der Waals surface area contributed by atoms with Gasteiger partial charge in [0, 0.05) is 11.3 Å². The van der Waals surface area contributed by atoms with Crippen molar-refractivity contribution in [3.63, 3.8) is 0 Å². The van der Waals surface area contributed by atoms with Crippen LogP contribution >= 0.6 is 0 Å². The SMILES string of the molecule is CC(C)(C)c1ccc(-n2nc(N)c3c2CCCC3)cc1. The topological polar surface area (TPSA) is 43.8 Å². The van der Waals surface area contributed by atoms with Crippen LogP contribution in [0.4, 0.5) is 5.82 Å². The first-order valence-electron chi connectivity index (χ1n) is 7.44. The molecule has 1 aliphatic rings. The summed E-state index contributed by atoms with van der Waals surface area (Å²) in [6.07, 6.45) is 4.62. The third kappa shape index (κ3) is 2.21. The number of anilines is 1. The highest BCUT2D eigenvalue weighted by Gasteiger charge is 2.20. The molecule has 20 heavy (non-hydrogen) atoms. The molecule has 0 fully saturated rings. The number of rotatable bonds is 1. The lowest BCUT2D eigenvalue weighted by molar-refractivity contribution is 0.589. The molecule has 0 saturated heterocycles. The Kier molecular flexibility index (Phi) is 3.08. The minimum absolute atomic E-state index is 0.182. The van der Waals surface area contributed by atoms with Gasteiger partial charge in [-0.05, 0) is 48.8 Å². The lowest BCUT2D eigenvalue weighted by Gasteiger charge is -2.19. The average Bonchev–Trinajstić information content (AvgIpc) is 2.76. The molecule has 2 aromatic rings. The number of benzene rings is 1. The van der Waals surface area contributed by atoms with Gasteiger partial charge in [-0.2, -0.15) is 5.10 Å². The van der Waals surface area contributed by atoms with Crippen LogP contribution in [0.2, 0.25) is 0 Å². The lowest BCUT2D eigenvalue weighted by atomic mass is 9.87. The predicted octanol–water partition coefficient (Wildman–Crippen LogP) is 3.63. The Morgan fingerprint density at radius 2 is 1.70 bits per heavy atom. The van der Waals surface area contributed by atoms with Crippen LogP contribution in [-0.4, -0.2) is 9.78 Å². The summed E-state index contributed by atoms with van der Waals surface area (Å²) < 4.78 is 2.04. The van der Waals surface area contributed by atoms with Gasteiger partial charge >= 0.3 is 0 Å². The van der Waals surface area contributed by atoms with Crippen LogP contribution in [0.3, 0.4) is 0 Å². The zero-order chi connectivity index (χ0) is 14.3. The zero-order valence-electron chi connectivity index (χ0n) is 12.6. The van der Waals surface area contributed by atoms with E-state index in [0.717, 1.165) is 18.5 Å². The van der Waals surface area contributed by atoms with Crippen molar-refractivity contribution in [2.75, 3.05) is 5.73 Å². The smallest absolute Gasteiger partial charge is 0.149 e. The number of nitrogens with two attached hydrogens (primary N) is 1. The molecule has 2 N–H and O–H groups in total. The largest absolute Gasteiger partial charge is 0.382 e. The Labute approximate surface area is 120 Å². The summed E-state index contributed by atoms with van der Waals surface area (Å²) >= 11 is 0. The Balaban J connectivity index is 2.01. The summed E-state index contributed by atoms with van der Waals surface area (Å²) in [4.78, 5) is 0. The molecule has 3 rings (SSSR count). The fourth-order valence-corrected chi connectivity index (χ4v) is 2.94. The maximum Gasteiger partial charge on any atom is 0.149 e. The molecule has 0 radical (unpaired) electrons. The summed E-state index contributed by atoms with van der Waals surface area (Å²) in [7, 11) is 0. The first-order chi connectivity index (χ1) is 9.47. The van der Waals surface area contributed by atoms with Crippen LogP contribution in [0.25, 0.3) is 5.69 Å². The van der Waals surface area contributed by atoms with Crippen LogP contribution in [0, 0.1) is 0 Å². The van der Waals surface area contributed by atoms with Gasteiger partial charge in [0.1, 0.15) is 5.82 Å². The van der Waals surface area contributed by atoms with Gasteiger partial charge in [-0.1, -0.05) is 32.9 Å². The third-order valence-corrected chi connectivity index (χ3v) is 4.19. The van der Waals surface area contributed by atoms with Gasteiger partial charge in [-0.3, -0.25) is 0 Å². The van der Waals surface area contributed by atoms with Crippen molar-refractivity contribution >= 4 is 5.82 Å². The third-order valence-electron chi connectivity index (χ3n) is 4.19. The van der Waals surface area contributed by atoms with Crippen LogP contribution in [0.15, 0.2) is 24.3 Å². The average molecular weight is 269 g/mol. The minimum atomic E-state index is 0.182. The molecule has 3 heteroatoms. The van der Waals surface area contributed by atoms with Gasteiger partial charge in [0.05, 0.1) is 5.69 Å². The molecule has 0 bridgehead atoms. The monoisotopic (exact) mass is 269 g/mol. The molecule has 0 atom stereocenters. The lowest BCUT2D eigenvalue weighted by Crippen LogP contribution is -2.12. The number of nitrogens with zero attached hydrogens (tertiary/aromatic N) is 2. The van der Waals surface area contributed by atoms with Crippen molar-refractivity contribution in [1.29, 1.82) is 0 Å². The molecular weight excluding hydrogens is 246 g/mol. The zero-order valence-corrected chi connectivity index (χ0v) is 12.6. The van der Waals surface area contributed by atoms with Crippen LogP contribution in [-0.2, 0) is 18.3 Å². The summed E-state index contributed by atoms with van der Waals surface area (Å²) in [5.41, 5.74) is 11.3. The van der Waals surface area contributed by atoms with Crippen molar-refractivity contribution in [3.05, 3.63) is 41.1 Å². The van der Waals surface area contributed by atoms with Gasteiger partial charge in [0.25, 0.3) is 0 Å². The molecule has 3 nitrogen and oxygen atoms in total. The number of fused-ring (bicyclic) bond motifs is 1. The quantitative estimate of drug-likeness (QED) is 0.859. The van der Waals surface area contributed by atoms with E-state index in [-0.39, 0.29) is 5.41 Å². The molecule has 0 amide bonds. The van der Waals surface area contributed by atoms with Crippen LogP contribution < -0.4 is 5.73 Å². The Morgan fingerprint density at radius 3 is 2.35 bits per heavy atom. The van der Waals surface area contributed by atoms with Gasteiger partial charge in [0.15, 0.2) is 0 Å². The number of nitrogen functional groups attached to an aromatic ring is 1. The van der Waals surface area contributed by atoms with E-state index in [1.54, 1.807) is 0 Å². The molecule has 0 unspecified atom stereocenters. The Bertz CT molecular complexity index is 615. The van der Waals surface area contributed by atoms with Crippen molar-refractivity contribution in [2.45, 2.75) is 51.9 Å². The van der Waals surface area contributed by atoms with E-state index >= 15 is 0 Å². The molecule has 106 valence electrons. The number of hydrogen-bond acceptors (Lipinski definition) is 2. The predicted molar refractivity (Wildman–Crippen MR) is 83.3 cm³/mol. The van der Waals surface area contributed by atoms with Gasteiger partial charge < -0.3 is 5.73 Å². The van der Waals surface area contributed by atoms with Crippen molar-refractivity contribution in [2.24, 2.45) is 0 Å². The second-order valence-electron chi connectivity index (χ2n) is 6.73. The van der Waals surface area contributed by atoms with E-state index in [2.05, 4.69) is 50.1 Å². The molecule has 0 saturated carbocycles. The molecule has 1 aromatic carbocycles. The summed E-state index contributed by atoms with van der Waals surface area (Å²) in [5.74, 6) is 0.708. The molecule has 0 spiro atoms.